The van der Waals surface area contributed by atoms with Gasteiger partial charge in [-0.2, -0.15) is 0 Å². The average molecular weight is 308 g/mol. The summed E-state index contributed by atoms with van der Waals surface area (Å²) in [6.07, 6.45) is 7.30. The highest BCUT2D eigenvalue weighted by Crippen LogP contribution is 2.24. The molecular weight excluding hydrogens is 280 g/mol. The number of hydrogen-bond acceptors (Lipinski definition) is 3. The number of rotatable bonds is 6. The van der Waals surface area contributed by atoms with Gasteiger partial charge in [0, 0.05) is 22.2 Å². The van der Waals surface area contributed by atoms with E-state index in [2.05, 4.69) is 25.2 Å². The first-order valence-electron chi connectivity index (χ1n) is 8.15. The van der Waals surface area contributed by atoms with E-state index in [-0.39, 0.29) is 5.91 Å². The third kappa shape index (κ3) is 4.82. The predicted molar refractivity (Wildman–Crippen MR) is 89.7 cm³/mol. The maximum absolute atomic E-state index is 12.1. The van der Waals surface area contributed by atoms with Crippen LogP contribution in [0.1, 0.15) is 53.8 Å². The first kappa shape index (κ1) is 16.5. The van der Waals surface area contributed by atoms with E-state index in [0.717, 1.165) is 25.7 Å². The predicted octanol–water partition coefficient (Wildman–Crippen LogP) is 3.32. The zero-order valence-corrected chi connectivity index (χ0v) is 14.1. The monoisotopic (exact) mass is 308 g/mol. The zero-order valence-electron chi connectivity index (χ0n) is 13.3. The largest absolute Gasteiger partial charge is 0.353 e. The van der Waals surface area contributed by atoms with Crippen LogP contribution >= 0.6 is 11.3 Å². The smallest absolute Gasteiger partial charge is 0.220 e. The second-order valence-electron chi connectivity index (χ2n) is 6.25. The fourth-order valence-corrected chi connectivity index (χ4v) is 4.31. The van der Waals surface area contributed by atoms with Gasteiger partial charge >= 0.3 is 0 Å². The normalized spacial score (nSPS) is 22.2. The van der Waals surface area contributed by atoms with E-state index >= 15 is 0 Å². The van der Waals surface area contributed by atoms with Gasteiger partial charge in [-0.1, -0.05) is 12.8 Å². The molecule has 2 atom stereocenters. The van der Waals surface area contributed by atoms with Gasteiger partial charge in [0.15, 0.2) is 0 Å². The minimum Gasteiger partial charge on any atom is -0.353 e. The zero-order chi connectivity index (χ0) is 15.2. The van der Waals surface area contributed by atoms with E-state index in [0.29, 0.717) is 24.9 Å². The van der Waals surface area contributed by atoms with Gasteiger partial charge in [0.2, 0.25) is 5.91 Å². The van der Waals surface area contributed by atoms with Crippen LogP contribution in [0.25, 0.3) is 0 Å². The molecule has 1 amide bonds. The standard InChI is InChI=1S/C17H28N2OS/c1-12-10-14(13(2)21-12)7-5-9-17(20)19-16-8-4-3-6-15(16)11-18/h10,15-16H,3-9,11,18H2,1-2H3,(H,19,20). The molecule has 2 unspecified atom stereocenters. The molecule has 0 saturated heterocycles. The summed E-state index contributed by atoms with van der Waals surface area (Å²) in [5.74, 6) is 0.675. The van der Waals surface area contributed by atoms with E-state index in [1.54, 1.807) is 0 Å². The molecule has 0 aliphatic heterocycles. The van der Waals surface area contributed by atoms with Crippen LogP contribution in [0, 0.1) is 19.8 Å². The summed E-state index contributed by atoms with van der Waals surface area (Å²) in [4.78, 5) is 14.9. The van der Waals surface area contributed by atoms with Crippen molar-refractivity contribution in [2.45, 2.75) is 64.8 Å². The van der Waals surface area contributed by atoms with Crippen molar-refractivity contribution in [2.24, 2.45) is 11.7 Å². The van der Waals surface area contributed by atoms with E-state index < -0.39 is 0 Å². The second-order valence-corrected chi connectivity index (χ2v) is 7.71. The van der Waals surface area contributed by atoms with Gasteiger partial charge in [0.25, 0.3) is 0 Å². The summed E-state index contributed by atoms with van der Waals surface area (Å²) in [7, 11) is 0. The van der Waals surface area contributed by atoms with Crippen molar-refractivity contribution in [2.75, 3.05) is 6.54 Å². The van der Waals surface area contributed by atoms with E-state index in [4.69, 9.17) is 5.73 Å². The van der Waals surface area contributed by atoms with Crippen LogP contribution in [0.2, 0.25) is 0 Å². The first-order chi connectivity index (χ1) is 10.1. The Labute approximate surface area is 132 Å². The molecule has 3 nitrogen and oxygen atoms in total. The lowest BCUT2D eigenvalue weighted by molar-refractivity contribution is -0.122. The lowest BCUT2D eigenvalue weighted by Crippen LogP contribution is -2.44. The number of hydrogen-bond donors (Lipinski definition) is 2. The van der Waals surface area contributed by atoms with Crippen LogP contribution in [0.4, 0.5) is 0 Å². The number of amides is 1. The summed E-state index contributed by atoms with van der Waals surface area (Å²) >= 11 is 1.85. The average Bonchev–Trinajstić information content (AvgIpc) is 2.77. The van der Waals surface area contributed by atoms with Crippen LogP contribution in [-0.2, 0) is 11.2 Å². The highest BCUT2D eigenvalue weighted by molar-refractivity contribution is 7.12. The van der Waals surface area contributed by atoms with Crippen LogP contribution in [0.3, 0.4) is 0 Å². The van der Waals surface area contributed by atoms with Gasteiger partial charge in [-0.3, -0.25) is 4.79 Å². The number of aryl methyl sites for hydroxylation is 3. The Morgan fingerprint density at radius 3 is 2.81 bits per heavy atom. The van der Waals surface area contributed by atoms with Crippen molar-refractivity contribution in [3.05, 3.63) is 21.4 Å². The molecule has 3 N–H and O–H groups in total. The fraction of sp³-hybridized carbons (Fsp3) is 0.706. The summed E-state index contributed by atoms with van der Waals surface area (Å²) < 4.78 is 0. The highest BCUT2D eigenvalue weighted by Gasteiger charge is 2.24. The van der Waals surface area contributed by atoms with E-state index in [1.807, 2.05) is 11.3 Å². The van der Waals surface area contributed by atoms with Gasteiger partial charge in [-0.15, -0.1) is 11.3 Å². The van der Waals surface area contributed by atoms with Crippen molar-refractivity contribution < 1.29 is 4.79 Å². The number of thiophene rings is 1. The van der Waals surface area contributed by atoms with Gasteiger partial charge < -0.3 is 11.1 Å². The molecule has 0 bridgehead atoms. The Hall–Kier alpha value is -0.870. The maximum atomic E-state index is 12.1. The number of nitrogens with two attached hydrogens (primary N) is 1. The second kappa shape index (κ2) is 7.95. The van der Waals surface area contributed by atoms with Gasteiger partial charge in [0.1, 0.15) is 0 Å². The van der Waals surface area contributed by atoms with E-state index in [1.165, 1.54) is 28.2 Å². The number of carbonyl (C=O) groups excluding carboxylic acids is 1. The Kier molecular flexibility index (Phi) is 6.24. The SMILES string of the molecule is Cc1cc(CCCC(=O)NC2CCCCC2CN)c(C)s1. The molecule has 1 aliphatic carbocycles. The number of carbonyl (C=O) groups is 1. The molecule has 21 heavy (non-hydrogen) atoms. The topological polar surface area (TPSA) is 55.1 Å². The van der Waals surface area contributed by atoms with Crippen LogP contribution in [-0.4, -0.2) is 18.5 Å². The third-order valence-electron chi connectivity index (χ3n) is 4.55. The Morgan fingerprint density at radius 1 is 1.38 bits per heavy atom. The Morgan fingerprint density at radius 2 is 2.14 bits per heavy atom. The molecule has 1 heterocycles. The maximum Gasteiger partial charge on any atom is 0.220 e. The fourth-order valence-electron chi connectivity index (χ4n) is 3.33. The molecule has 0 aromatic carbocycles. The Bertz CT molecular complexity index is 469. The van der Waals surface area contributed by atoms with Crippen molar-refractivity contribution in [3.63, 3.8) is 0 Å². The molecule has 0 spiro atoms. The molecule has 1 saturated carbocycles. The number of nitrogens with one attached hydrogen (secondary N) is 1. The minimum absolute atomic E-state index is 0.199. The van der Waals surface area contributed by atoms with E-state index in [9.17, 15) is 4.79 Å². The highest BCUT2D eigenvalue weighted by atomic mass is 32.1. The van der Waals surface area contributed by atoms with Gasteiger partial charge in [-0.25, -0.2) is 0 Å². The van der Waals surface area contributed by atoms with Crippen LogP contribution in [0.5, 0.6) is 0 Å². The lowest BCUT2D eigenvalue weighted by Gasteiger charge is -2.31. The van der Waals surface area contributed by atoms with Crippen molar-refractivity contribution in [3.8, 4) is 0 Å². The molecule has 118 valence electrons. The molecule has 2 rings (SSSR count). The minimum atomic E-state index is 0.199. The van der Waals surface area contributed by atoms with Crippen molar-refractivity contribution >= 4 is 17.2 Å². The van der Waals surface area contributed by atoms with Gasteiger partial charge in [-0.05, 0) is 63.6 Å². The molecule has 1 aliphatic rings. The first-order valence-corrected chi connectivity index (χ1v) is 8.97. The van der Waals surface area contributed by atoms with Crippen molar-refractivity contribution in [1.82, 2.24) is 5.32 Å². The van der Waals surface area contributed by atoms with Gasteiger partial charge in [0.05, 0.1) is 0 Å². The molecule has 1 fully saturated rings. The molecule has 1 aromatic rings. The molecule has 4 heteroatoms. The summed E-state index contributed by atoms with van der Waals surface area (Å²) in [5, 5.41) is 3.21. The summed E-state index contributed by atoms with van der Waals surface area (Å²) in [6.45, 7) is 5.00. The third-order valence-corrected chi connectivity index (χ3v) is 5.56. The van der Waals surface area contributed by atoms with Crippen LogP contribution < -0.4 is 11.1 Å². The summed E-state index contributed by atoms with van der Waals surface area (Å²) in [6, 6.07) is 2.56. The molecular formula is C17H28N2OS. The van der Waals surface area contributed by atoms with Crippen LogP contribution in [0.15, 0.2) is 6.07 Å². The quantitative estimate of drug-likeness (QED) is 0.847. The summed E-state index contributed by atoms with van der Waals surface area (Å²) in [5.41, 5.74) is 7.22. The lowest BCUT2D eigenvalue weighted by atomic mass is 9.84. The Balaban J connectivity index is 1.73. The van der Waals surface area contributed by atoms with Crippen molar-refractivity contribution in [1.29, 1.82) is 0 Å². The molecule has 0 radical (unpaired) electrons. The molecule has 1 aromatic heterocycles.